The van der Waals surface area contributed by atoms with Gasteiger partial charge in [-0.1, -0.05) is 25.8 Å². The molecule has 0 aromatic heterocycles. The van der Waals surface area contributed by atoms with E-state index in [9.17, 15) is 0 Å². The fraction of sp³-hybridized carbons (Fsp3) is 0.727. The van der Waals surface area contributed by atoms with Crippen molar-refractivity contribution < 1.29 is 1.43 Å². The Morgan fingerprint density at radius 1 is 1.38 bits per heavy atom. The van der Waals surface area contributed by atoms with Gasteiger partial charge in [0.1, 0.15) is 0 Å². The van der Waals surface area contributed by atoms with E-state index in [0.29, 0.717) is 6.04 Å². The van der Waals surface area contributed by atoms with Crippen molar-refractivity contribution in [3.8, 4) is 0 Å². The van der Waals surface area contributed by atoms with Crippen LogP contribution in [-0.2, 0) is 0 Å². The number of hydrogen-bond donors (Lipinski definition) is 2. The van der Waals surface area contributed by atoms with Gasteiger partial charge in [0.15, 0.2) is 0 Å². The van der Waals surface area contributed by atoms with Gasteiger partial charge in [0, 0.05) is 7.47 Å². The van der Waals surface area contributed by atoms with Crippen LogP contribution >= 0.6 is 0 Å². The zero-order valence-electron chi connectivity index (χ0n) is 8.90. The summed E-state index contributed by atoms with van der Waals surface area (Å²) in [6, 6.07) is 0.693. The number of hydrogen-bond acceptors (Lipinski definition) is 2. The zero-order chi connectivity index (χ0) is 10.1. The maximum absolute atomic E-state index is 4.50. The fourth-order valence-corrected chi connectivity index (χ4v) is 1.60. The van der Waals surface area contributed by atoms with Crippen molar-refractivity contribution in [3.63, 3.8) is 0 Å². The average molecular weight is 184 g/mol. The molecule has 1 saturated carbocycles. The van der Waals surface area contributed by atoms with Gasteiger partial charge in [0.05, 0.1) is 5.70 Å². The van der Waals surface area contributed by atoms with Crippen molar-refractivity contribution in [2.24, 2.45) is 5.73 Å². The summed E-state index contributed by atoms with van der Waals surface area (Å²) in [5.41, 5.74) is 8.46. The Balaban J connectivity index is 0. The summed E-state index contributed by atoms with van der Waals surface area (Å²) in [5, 5.41) is 3.41. The maximum Gasteiger partial charge on any atom is 0.0502 e. The molecule has 13 heavy (non-hydrogen) atoms. The average Bonchev–Trinajstić information content (AvgIpc) is 2.22. The highest BCUT2D eigenvalue weighted by molar-refractivity contribution is 4.94. The first-order chi connectivity index (χ1) is 6.33. The van der Waals surface area contributed by atoms with Crippen LogP contribution in [-0.4, -0.2) is 13.1 Å². The molecule has 0 heterocycles. The quantitative estimate of drug-likeness (QED) is 0.647. The highest BCUT2D eigenvalue weighted by atomic mass is 14.9. The van der Waals surface area contributed by atoms with Crippen molar-refractivity contribution >= 4 is 0 Å². The molecule has 0 aromatic carbocycles. The minimum absolute atomic E-state index is 0. The third kappa shape index (κ3) is 5.51. The van der Waals surface area contributed by atoms with E-state index in [-0.39, 0.29) is 1.43 Å². The van der Waals surface area contributed by atoms with Gasteiger partial charge < -0.3 is 11.1 Å². The lowest BCUT2D eigenvalue weighted by molar-refractivity contribution is 0.397. The molecule has 3 N–H and O–H groups in total. The fourth-order valence-electron chi connectivity index (χ4n) is 1.60. The number of rotatable bonds is 2. The lowest BCUT2D eigenvalue weighted by atomic mass is 9.95. The van der Waals surface area contributed by atoms with Gasteiger partial charge in [-0.05, 0) is 26.8 Å². The minimum Gasteiger partial charge on any atom is -0.380 e. The van der Waals surface area contributed by atoms with E-state index in [0.717, 1.165) is 5.70 Å². The topological polar surface area (TPSA) is 38.0 Å². The van der Waals surface area contributed by atoms with E-state index < -0.39 is 0 Å². The van der Waals surface area contributed by atoms with Crippen LogP contribution in [0.2, 0.25) is 0 Å². The van der Waals surface area contributed by atoms with Gasteiger partial charge in [-0.15, -0.1) is 5.73 Å². The van der Waals surface area contributed by atoms with Crippen LogP contribution in [0.3, 0.4) is 0 Å². The molecular weight excluding hydrogens is 160 g/mol. The minimum atomic E-state index is 0. The molecule has 0 saturated heterocycles. The first-order valence-corrected chi connectivity index (χ1v) is 5.04. The normalized spacial score (nSPS) is 16.5. The van der Waals surface area contributed by atoms with Crippen LogP contribution in [0.25, 0.3) is 0 Å². The lowest BCUT2D eigenvalue weighted by Gasteiger charge is -2.23. The zero-order valence-corrected chi connectivity index (χ0v) is 8.90. The molecule has 78 valence electrons. The second kappa shape index (κ2) is 7.90. The summed E-state index contributed by atoms with van der Waals surface area (Å²) < 4.78 is 0. The van der Waals surface area contributed by atoms with Crippen LogP contribution in [0.15, 0.2) is 18.0 Å². The summed E-state index contributed by atoms with van der Waals surface area (Å²) in [7, 11) is 1.50. The number of allylic oxidation sites excluding steroid dienone is 1. The van der Waals surface area contributed by atoms with Crippen molar-refractivity contribution in [2.45, 2.75) is 45.1 Å². The first kappa shape index (κ1) is 12.3. The molecule has 1 fully saturated rings. The van der Waals surface area contributed by atoms with E-state index in [1.54, 1.807) is 0 Å². The Bertz CT molecular complexity index is 168. The Hall–Kier alpha value is -0.720. The standard InChI is InChI=1S/C10H17N.CH5N.H2/c1-3-9(2)11-10-7-5-4-6-8-10;1-2;/h10-11H,1,4-8H2,2H3;2H2,1H3;1H. The molecule has 0 amide bonds. The summed E-state index contributed by atoms with van der Waals surface area (Å²) in [5.74, 6) is 0. The largest absolute Gasteiger partial charge is 0.380 e. The van der Waals surface area contributed by atoms with Gasteiger partial charge in [-0.2, -0.15) is 0 Å². The van der Waals surface area contributed by atoms with Gasteiger partial charge in [-0.3, -0.25) is 0 Å². The second-order valence-electron chi connectivity index (χ2n) is 3.28. The van der Waals surface area contributed by atoms with Crippen molar-refractivity contribution in [2.75, 3.05) is 7.05 Å². The highest BCUT2D eigenvalue weighted by Crippen LogP contribution is 2.17. The predicted molar refractivity (Wildman–Crippen MR) is 60.6 cm³/mol. The Morgan fingerprint density at radius 3 is 2.38 bits per heavy atom. The number of nitrogens with one attached hydrogen (secondary N) is 1. The smallest absolute Gasteiger partial charge is 0.0502 e. The number of nitrogens with two attached hydrogens (primary N) is 1. The van der Waals surface area contributed by atoms with Crippen molar-refractivity contribution in [3.05, 3.63) is 18.0 Å². The van der Waals surface area contributed by atoms with E-state index in [1.165, 1.54) is 39.2 Å². The molecule has 1 aliphatic rings. The first-order valence-electron chi connectivity index (χ1n) is 5.04. The molecule has 0 radical (unpaired) electrons. The maximum atomic E-state index is 4.50. The van der Waals surface area contributed by atoms with Crippen LogP contribution in [0.5, 0.6) is 0 Å². The lowest BCUT2D eigenvalue weighted by Crippen LogP contribution is -2.29. The Labute approximate surface area is 83.4 Å². The third-order valence-corrected chi connectivity index (χ3v) is 2.29. The molecule has 0 unspecified atom stereocenters. The molecule has 2 heteroatoms. The molecule has 0 atom stereocenters. The van der Waals surface area contributed by atoms with Crippen LogP contribution < -0.4 is 11.1 Å². The van der Waals surface area contributed by atoms with Gasteiger partial charge in [0.25, 0.3) is 0 Å². The van der Waals surface area contributed by atoms with E-state index in [2.05, 4.69) is 23.4 Å². The molecule has 1 rings (SSSR count). The van der Waals surface area contributed by atoms with E-state index >= 15 is 0 Å². The van der Waals surface area contributed by atoms with Gasteiger partial charge in [0.2, 0.25) is 0 Å². The molecule has 0 bridgehead atoms. The summed E-state index contributed by atoms with van der Waals surface area (Å²) >= 11 is 0. The summed E-state index contributed by atoms with van der Waals surface area (Å²) in [4.78, 5) is 0. The molecular formula is C11H24N2. The molecule has 1 aliphatic carbocycles. The van der Waals surface area contributed by atoms with E-state index in [4.69, 9.17) is 0 Å². The van der Waals surface area contributed by atoms with Gasteiger partial charge >= 0.3 is 0 Å². The summed E-state index contributed by atoms with van der Waals surface area (Å²) in [6.45, 7) is 5.63. The monoisotopic (exact) mass is 184 g/mol. The predicted octanol–water partition coefficient (Wildman–Crippen LogP) is 2.42. The SMILES string of the molecule is C=C=C(C)NC1CCCCC1.CN.[HH]. The molecule has 0 aromatic rings. The Kier molecular flexibility index (Phi) is 7.47. The summed E-state index contributed by atoms with van der Waals surface area (Å²) in [6.07, 6.45) is 6.80. The van der Waals surface area contributed by atoms with Gasteiger partial charge in [-0.25, -0.2) is 0 Å². The molecule has 0 aliphatic heterocycles. The second-order valence-corrected chi connectivity index (χ2v) is 3.28. The molecule has 2 nitrogen and oxygen atoms in total. The highest BCUT2D eigenvalue weighted by Gasteiger charge is 2.11. The molecule has 0 spiro atoms. The van der Waals surface area contributed by atoms with Crippen molar-refractivity contribution in [1.29, 1.82) is 0 Å². The van der Waals surface area contributed by atoms with Crippen LogP contribution in [0.4, 0.5) is 0 Å². The van der Waals surface area contributed by atoms with Crippen LogP contribution in [0, 0.1) is 0 Å². The van der Waals surface area contributed by atoms with Crippen molar-refractivity contribution in [1.82, 2.24) is 5.32 Å². The van der Waals surface area contributed by atoms with Crippen LogP contribution in [0.1, 0.15) is 40.5 Å². The van der Waals surface area contributed by atoms with E-state index in [1.807, 2.05) is 6.92 Å². The third-order valence-electron chi connectivity index (χ3n) is 2.29. The Morgan fingerprint density at radius 2 is 1.92 bits per heavy atom.